The predicted octanol–water partition coefficient (Wildman–Crippen LogP) is 1.59. The van der Waals surface area contributed by atoms with E-state index >= 15 is 0 Å². The summed E-state index contributed by atoms with van der Waals surface area (Å²) in [7, 11) is 1.87. The van der Waals surface area contributed by atoms with Crippen molar-refractivity contribution in [2.75, 3.05) is 10.6 Å². The number of nitrogens with two attached hydrogens (primary N) is 2. The number of primary amides is 1. The zero-order valence-electron chi connectivity index (χ0n) is 16.5. The van der Waals surface area contributed by atoms with Crippen molar-refractivity contribution in [2.45, 2.75) is 44.7 Å². The number of rotatable bonds is 5. The van der Waals surface area contributed by atoms with E-state index in [2.05, 4.69) is 30.9 Å². The van der Waals surface area contributed by atoms with Gasteiger partial charge in [0, 0.05) is 36.4 Å². The van der Waals surface area contributed by atoms with E-state index in [0.29, 0.717) is 5.95 Å². The topological polar surface area (TPSA) is 150 Å². The molecule has 2 aromatic heterocycles. The van der Waals surface area contributed by atoms with Crippen LogP contribution in [0.4, 0.5) is 17.5 Å². The predicted molar refractivity (Wildman–Crippen MR) is 111 cm³/mol. The Balaban J connectivity index is 1.65. The van der Waals surface area contributed by atoms with E-state index in [1.54, 1.807) is 4.68 Å². The first-order valence-electron chi connectivity index (χ1n) is 9.68. The minimum atomic E-state index is -0.701. The van der Waals surface area contributed by atoms with Gasteiger partial charge in [-0.3, -0.25) is 9.48 Å². The summed E-state index contributed by atoms with van der Waals surface area (Å²) in [5.74, 6) is -0.131. The normalized spacial score (nSPS) is 19.3. The molecule has 0 unspecified atom stereocenters. The molecule has 0 spiro atoms. The van der Waals surface area contributed by atoms with Crippen molar-refractivity contribution >= 4 is 34.3 Å². The molecule has 1 aliphatic carbocycles. The van der Waals surface area contributed by atoms with Gasteiger partial charge in [0.1, 0.15) is 0 Å². The molecule has 1 aliphatic rings. The van der Waals surface area contributed by atoms with Gasteiger partial charge in [-0.25, -0.2) is 0 Å². The van der Waals surface area contributed by atoms with Crippen LogP contribution in [0.3, 0.4) is 0 Å². The molecule has 0 saturated heterocycles. The number of carbonyl (C=O) groups is 1. The van der Waals surface area contributed by atoms with Gasteiger partial charge in [-0.15, -0.1) is 10.2 Å². The second-order valence-electron chi connectivity index (χ2n) is 7.55. The number of aromatic nitrogens is 5. The molecule has 0 radical (unpaired) electrons. The molecule has 10 heteroatoms. The minimum Gasteiger partial charge on any atom is -0.364 e. The summed E-state index contributed by atoms with van der Waals surface area (Å²) in [6.07, 6.45) is 6.07. The molecule has 1 amide bonds. The Kier molecular flexibility index (Phi) is 5.01. The van der Waals surface area contributed by atoms with Crippen LogP contribution in [0.2, 0.25) is 0 Å². The Morgan fingerprint density at radius 2 is 2.03 bits per heavy atom. The van der Waals surface area contributed by atoms with Crippen molar-refractivity contribution in [3.05, 3.63) is 29.6 Å². The Labute approximate surface area is 168 Å². The standard InChI is InChI=1S/C19H25N9O/c1-10-7-12(8-11-9-28(2)27-15(10)11)22-18-16(17(21)29)25-26-19(24-18)23-14-6-4-3-5-13(14)20/h7-9,13-14H,3-6,20H2,1-2H3,(H2,21,29)(H2,22,23,24,26)/t13-,14+/m0/s1. The first-order valence-corrected chi connectivity index (χ1v) is 9.68. The zero-order chi connectivity index (χ0) is 20.5. The second kappa shape index (κ2) is 7.63. The number of fused-ring (bicyclic) bond motifs is 1. The summed E-state index contributed by atoms with van der Waals surface area (Å²) in [4.78, 5) is 16.3. The maximum Gasteiger partial charge on any atom is 0.273 e. The highest BCUT2D eigenvalue weighted by Gasteiger charge is 2.23. The largest absolute Gasteiger partial charge is 0.364 e. The third-order valence-electron chi connectivity index (χ3n) is 5.23. The lowest BCUT2D eigenvalue weighted by atomic mass is 9.91. The van der Waals surface area contributed by atoms with E-state index in [1.807, 2.05) is 32.3 Å². The van der Waals surface area contributed by atoms with Crippen LogP contribution in [0.5, 0.6) is 0 Å². The van der Waals surface area contributed by atoms with Gasteiger partial charge in [0.05, 0.1) is 5.52 Å². The first-order chi connectivity index (χ1) is 13.9. The maximum absolute atomic E-state index is 11.8. The fourth-order valence-electron chi connectivity index (χ4n) is 3.78. The third kappa shape index (κ3) is 3.97. The van der Waals surface area contributed by atoms with Crippen LogP contribution in [0, 0.1) is 6.92 Å². The van der Waals surface area contributed by atoms with Crippen LogP contribution in [-0.2, 0) is 7.05 Å². The SMILES string of the molecule is Cc1cc(Nc2nc(N[C@@H]3CCCC[C@@H]3N)nnc2C(N)=O)cc2cn(C)nc12. The van der Waals surface area contributed by atoms with Crippen molar-refractivity contribution in [3.63, 3.8) is 0 Å². The molecule has 29 heavy (non-hydrogen) atoms. The second-order valence-corrected chi connectivity index (χ2v) is 7.55. The van der Waals surface area contributed by atoms with Crippen LogP contribution in [0.15, 0.2) is 18.3 Å². The summed E-state index contributed by atoms with van der Waals surface area (Å²) in [6, 6.07) is 3.99. The number of aryl methyl sites for hydroxylation is 2. The summed E-state index contributed by atoms with van der Waals surface area (Å²) in [5.41, 5.74) is 14.3. The Morgan fingerprint density at radius 3 is 2.79 bits per heavy atom. The van der Waals surface area contributed by atoms with Crippen molar-refractivity contribution < 1.29 is 4.79 Å². The van der Waals surface area contributed by atoms with Gasteiger partial charge in [0.15, 0.2) is 11.5 Å². The van der Waals surface area contributed by atoms with E-state index in [0.717, 1.165) is 47.8 Å². The van der Waals surface area contributed by atoms with Crippen molar-refractivity contribution in [1.82, 2.24) is 25.0 Å². The molecule has 4 rings (SSSR count). The molecule has 1 saturated carbocycles. The minimum absolute atomic E-state index is 0.0209. The molecule has 1 fully saturated rings. The molecular weight excluding hydrogens is 370 g/mol. The number of nitrogens with zero attached hydrogens (tertiary/aromatic N) is 5. The number of hydrogen-bond donors (Lipinski definition) is 4. The van der Waals surface area contributed by atoms with Crippen LogP contribution < -0.4 is 22.1 Å². The van der Waals surface area contributed by atoms with Gasteiger partial charge in [0.25, 0.3) is 5.91 Å². The van der Waals surface area contributed by atoms with E-state index in [9.17, 15) is 4.79 Å². The van der Waals surface area contributed by atoms with Gasteiger partial charge in [-0.1, -0.05) is 12.8 Å². The summed E-state index contributed by atoms with van der Waals surface area (Å²) >= 11 is 0. The van der Waals surface area contributed by atoms with Crippen molar-refractivity contribution in [2.24, 2.45) is 18.5 Å². The quantitative estimate of drug-likeness (QED) is 0.509. The molecule has 6 N–H and O–H groups in total. The molecule has 10 nitrogen and oxygen atoms in total. The zero-order valence-corrected chi connectivity index (χ0v) is 16.5. The average Bonchev–Trinajstić information content (AvgIpc) is 3.04. The van der Waals surface area contributed by atoms with E-state index in [4.69, 9.17) is 11.5 Å². The lowest BCUT2D eigenvalue weighted by Crippen LogP contribution is -2.43. The average molecular weight is 395 g/mol. The van der Waals surface area contributed by atoms with Gasteiger partial charge in [0.2, 0.25) is 5.95 Å². The Morgan fingerprint density at radius 1 is 1.24 bits per heavy atom. The molecule has 152 valence electrons. The smallest absolute Gasteiger partial charge is 0.273 e. The van der Waals surface area contributed by atoms with E-state index in [-0.39, 0.29) is 23.6 Å². The molecule has 2 heterocycles. The number of hydrogen-bond acceptors (Lipinski definition) is 8. The lowest BCUT2D eigenvalue weighted by Gasteiger charge is -2.29. The molecule has 0 aliphatic heterocycles. The van der Waals surface area contributed by atoms with Crippen LogP contribution in [0.25, 0.3) is 10.9 Å². The van der Waals surface area contributed by atoms with Crippen molar-refractivity contribution in [1.29, 1.82) is 0 Å². The molecule has 3 aromatic rings. The number of nitrogens with one attached hydrogen (secondary N) is 2. The number of amides is 1. The maximum atomic E-state index is 11.8. The van der Waals surface area contributed by atoms with Crippen LogP contribution >= 0.6 is 0 Å². The molecule has 2 atom stereocenters. The highest BCUT2D eigenvalue weighted by Crippen LogP contribution is 2.26. The summed E-state index contributed by atoms with van der Waals surface area (Å²) in [5, 5.41) is 19.8. The molecule has 0 bridgehead atoms. The highest BCUT2D eigenvalue weighted by atomic mass is 16.1. The number of anilines is 3. The van der Waals surface area contributed by atoms with E-state index in [1.165, 1.54) is 0 Å². The van der Waals surface area contributed by atoms with Crippen LogP contribution in [-0.4, -0.2) is 43.0 Å². The van der Waals surface area contributed by atoms with Crippen LogP contribution in [0.1, 0.15) is 41.7 Å². The molecular formula is C19H25N9O. The van der Waals surface area contributed by atoms with Crippen molar-refractivity contribution in [3.8, 4) is 0 Å². The van der Waals surface area contributed by atoms with Gasteiger partial charge < -0.3 is 22.1 Å². The van der Waals surface area contributed by atoms with Gasteiger partial charge in [-0.2, -0.15) is 10.1 Å². The number of carbonyl (C=O) groups excluding carboxylic acids is 1. The summed E-state index contributed by atoms with van der Waals surface area (Å²) < 4.78 is 1.76. The third-order valence-corrected chi connectivity index (χ3v) is 5.23. The highest BCUT2D eigenvalue weighted by molar-refractivity contribution is 5.96. The van der Waals surface area contributed by atoms with Gasteiger partial charge in [-0.05, 0) is 37.5 Å². The van der Waals surface area contributed by atoms with E-state index < -0.39 is 5.91 Å². The Bertz CT molecular complexity index is 1060. The lowest BCUT2D eigenvalue weighted by molar-refractivity contribution is 0.0995. The molecule has 1 aromatic carbocycles. The first kappa shape index (κ1) is 19.1. The fraction of sp³-hybridized carbons (Fsp3) is 0.421. The number of benzene rings is 1. The fourth-order valence-corrected chi connectivity index (χ4v) is 3.78. The Hall–Kier alpha value is -3.27. The summed E-state index contributed by atoms with van der Waals surface area (Å²) in [6.45, 7) is 1.98. The monoisotopic (exact) mass is 395 g/mol. The van der Waals surface area contributed by atoms with Gasteiger partial charge >= 0.3 is 0 Å².